The topological polar surface area (TPSA) is 24.5 Å². The number of fused-ring (bicyclic) bond motifs is 1. The summed E-state index contributed by atoms with van der Waals surface area (Å²) in [5, 5.41) is 3.56. The van der Waals surface area contributed by atoms with Crippen molar-refractivity contribution in [2.45, 2.75) is 38.0 Å². The fourth-order valence-corrected chi connectivity index (χ4v) is 4.49. The first-order valence-electron chi connectivity index (χ1n) is 10.5. The van der Waals surface area contributed by atoms with Gasteiger partial charge in [0, 0.05) is 23.9 Å². The minimum Gasteiger partial charge on any atom is -0.491 e. The van der Waals surface area contributed by atoms with Crippen molar-refractivity contribution < 1.29 is 17.9 Å². The van der Waals surface area contributed by atoms with Crippen LogP contribution in [0, 0.1) is 5.92 Å². The van der Waals surface area contributed by atoms with E-state index in [1.165, 1.54) is 6.42 Å². The van der Waals surface area contributed by atoms with Crippen LogP contribution in [0.3, 0.4) is 0 Å². The number of nitrogens with zero attached hydrogens (tertiary/aromatic N) is 1. The van der Waals surface area contributed by atoms with Gasteiger partial charge >= 0.3 is 6.18 Å². The third-order valence-corrected chi connectivity index (χ3v) is 5.93. The highest BCUT2D eigenvalue weighted by Crippen LogP contribution is 2.38. The largest absolute Gasteiger partial charge is 0.491 e. The predicted molar refractivity (Wildman–Crippen MR) is 114 cm³/mol. The van der Waals surface area contributed by atoms with Crippen LogP contribution in [0.25, 0.3) is 6.08 Å². The molecule has 2 heterocycles. The van der Waals surface area contributed by atoms with Gasteiger partial charge in [0.25, 0.3) is 0 Å². The van der Waals surface area contributed by atoms with Crippen molar-refractivity contribution in [3.05, 3.63) is 65.7 Å². The number of allylic oxidation sites excluding steroid dienone is 1. The summed E-state index contributed by atoms with van der Waals surface area (Å²) in [6.07, 6.45) is -0.549. The Balaban J connectivity index is 1.67. The van der Waals surface area contributed by atoms with Crippen molar-refractivity contribution in [2.24, 2.45) is 5.92 Å². The zero-order valence-electron chi connectivity index (χ0n) is 17.0. The highest BCUT2D eigenvalue weighted by atomic mass is 19.4. The average Bonchev–Trinajstić information content (AvgIpc) is 2.73. The summed E-state index contributed by atoms with van der Waals surface area (Å²) in [4.78, 5) is 2.47. The van der Waals surface area contributed by atoms with E-state index in [1.807, 2.05) is 36.4 Å². The summed E-state index contributed by atoms with van der Waals surface area (Å²) in [6, 6.07) is 15.1. The van der Waals surface area contributed by atoms with Crippen LogP contribution in [0.5, 0.6) is 5.75 Å². The van der Waals surface area contributed by atoms with Crippen LogP contribution in [0.2, 0.25) is 0 Å². The van der Waals surface area contributed by atoms with E-state index in [9.17, 15) is 13.2 Å². The Labute approximate surface area is 175 Å². The van der Waals surface area contributed by atoms with Gasteiger partial charge in [-0.05, 0) is 49.1 Å². The molecular formula is C24H27F3N2O. The summed E-state index contributed by atoms with van der Waals surface area (Å²) in [7, 11) is 0. The number of alkyl halides is 3. The molecule has 160 valence electrons. The minimum atomic E-state index is -4.34. The zero-order valence-corrected chi connectivity index (χ0v) is 17.0. The van der Waals surface area contributed by atoms with Gasteiger partial charge in [-0.3, -0.25) is 4.90 Å². The molecule has 1 N–H and O–H groups in total. The number of rotatable bonds is 4. The van der Waals surface area contributed by atoms with Gasteiger partial charge in [-0.1, -0.05) is 43.3 Å². The number of piperidine rings is 1. The van der Waals surface area contributed by atoms with Gasteiger partial charge in [0.2, 0.25) is 0 Å². The molecule has 3 atom stereocenters. The van der Waals surface area contributed by atoms with E-state index in [0.29, 0.717) is 23.8 Å². The summed E-state index contributed by atoms with van der Waals surface area (Å²) in [5.41, 5.74) is 2.25. The Bertz CT molecular complexity index is 896. The summed E-state index contributed by atoms with van der Waals surface area (Å²) in [6.45, 7) is 4.84. The van der Waals surface area contributed by atoms with E-state index in [1.54, 1.807) is 12.1 Å². The first-order chi connectivity index (χ1) is 14.4. The van der Waals surface area contributed by atoms with Crippen molar-refractivity contribution in [3.63, 3.8) is 0 Å². The number of para-hydroxylation sites is 2. The molecule has 30 heavy (non-hydrogen) atoms. The molecule has 0 radical (unpaired) electrons. The van der Waals surface area contributed by atoms with Crippen molar-refractivity contribution in [1.82, 2.24) is 4.90 Å². The molecule has 2 aliphatic rings. The molecule has 4 rings (SSSR count). The van der Waals surface area contributed by atoms with Crippen molar-refractivity contribution in [3.8, 4) is 5.75 Å². The normalized spacial score (nSPS) is 25.0. The number of nitrogens with one attached hydrogen (secondary N) is 1. The second-order valence-corrected chi connectivity index (χ2v) is 8.24. The molecule has 0 unspecified atom stereocenters. The zero-order chi connectivity index (χ0) is 21.1. The van der Waals surface area contributed by atoms with Gasteiger partial charge in [-0.15, -0.1) is 0 Å². The average molecular weight is 416 g/mol. The third-order valence-electron chi connectivity index (χ3n) is 5.93. The van der Waals surface area contributed by atoms with Gasteiger partial charge < -0.3 is 10.1 Å². The lowest BCUT2D eigenvalue weighted by Crippen LogP contribution is -2.51. The molecular weight excluding hydrogens is 389 g/mol. The molecule has 0 saturated carbocycles. The summed E-state index contributed by atoms with van der Waals surface area (Å²) in [5.74, 6) is 1.46. The van der Waals surface area contributed by atoms with Crippen LogP contribution >= 0.6 is 0 Å². The second-order valence-electron chi connectivity index (χ2n) is 8.24. The van der Waals surface area contributed by atoms with Gasteiger partial charge in [-0.2, -0.15) is 13.2 Å². The van der Waals surface area contributed by atoms with Crippen LogP contribution < -0.4 is 10.1 Å². The second kappa shape index (κ2) is 8.72. The summed E-state index contributed by atoms with van der Waals surface area (Å²) >= 11 is 0. The molecule has 2 aromatic rings. The maximum absolute atomic E-state index is 12.7. The molecule has 0 bridgehead atoms. The lowest BCUT2D eigenvalue weighted by Gasteiger charge is -2.44. The van der Waals surface area contributed by atoms with Gasteiger partial charge in [-0.25, -0.2) is 0 Å². The monoisotopic (exact) mass is 416 g/mol. The van der Waals surface area contributed by atoms with E-state index >= 15 is 0 Å². The first-order valence-corrected chi connectivity index (χ1v) is 10.5. The quantitative estimate of drug-likeness (QED) is 0.671. The molecule has 2 aromatic carbocycles. The smallest absolute Gasteiger partial charge is 0.409 e. The van der Waals surface area contributed by atoms with E-state index < -0.39 is 6.18 Å². The van der Waals surface area contributed by atoms with E-state index in [-0.39, 0.29) is 18.2 Å². The number of hydrogen-bond acceptors (Lipinski definition) is 3. The van der Waals surface area contributed by atoms with Crippen LogP contribution in [0.4, 0.5) is 18.9 Å². The third kappa shape index (κ3) is 4.81. The Kier molecular flexibility index (Phi) is 6.04. The Hall–Kier alpha value is -2.47. The van der Waals surface area contributed by atoms with Crippen molar-refractivity contribution in [1.29, 1.82) is 0 Å². The molecule has 1 fully saturated rings. The SMILES string of the molecule is C[C@H]1CCCN([C@H]2COc3ccccc3[C@@H]2Nc2ccccc2C=CC(F)(F)F)C1. The molecule has 3 nitrogen and oxygen atoms in total. The molecule has 2 aliphatic heterocycles. The number of hydrogen-bond donors (Lipinski definition) is 1. The van der Waals surface area contributed by atoms with Gasteiger partial charge in [0.05, 0.1) is 12.1 Å². The number of benzene rings is 2. The van der Waals surface area contributed by atoms with Gasteiger partial charge in [0.1, 0.15) is 12.4 Å². The molecule has 0 aliphatic carbocycles. The highest BCUT2D eigenvalue weighted by molar-refractivity contribution is 5.67. The van der Waals surface area contributed by atoms with Crippen molar-refractivity contribution >= 4 is 11.8 Å². The molecule has 0 aromatic heterocycles. The standard InChI is InChI=1S/C24H27F3N2O/c1-17-7-6-14-29(15-17)21-16-30-22-11-5-3-9-19(22)23(21)28-20-10-4-2-8-18(20)12-13-24(25,26)27/h2-5,8-13,17,21,23,28H,6-7,14-16H2,1H3/t17-,21-,23-/m0/s1. The molecule has 0 amide bonds. The highest BCUT2D eigenvalue weighted by Gasteiger charge is 2.36. The summed E-state index contributed by atoms with van der Waals surface area (Å²) < 4.78 is 44.3. The van der Waals surface area contributed by atoms with E-state index in [4.69, 9.17) is 4.74 Å². The Morgan fingerprint density at radius 3 is 2.67 bits per heavy atom. The lowest BCUT2D eigenvalue weighted by atomic mass is 9.91. The van der Waals surface area contributed by atoms with E-state index in [2.05, 4.69) is 17.1 Å². The number of halogens is 3. The minimum absolute atomic E-state index is 0.0688. The van der Waals surface area contributed by atoms with Crippen molar-refractivity contribution in [2.75, 3.05) is 25.0 Å². The Morgan fingerprint density at radius 1 is 1.10 bits per heavy atom. The van der Waals surface area contributed by atoms with Gasteiger partial charge in [0.15, 0.2) is 0 Å². The maximum atomic E-state index is 12.7. The fourth-order valence-electron chi connectivity index (χ4n) is 4.49. The van der Waals surface area contributed by atoms with Crippen LogP contribution in [-0.4, -0.2) is 36.8 Å². The first kappa shape index (κ1) is 20.8. The predicted octanol–water partition coefficient (Wildman–Crippen LogP) is 5.91. The number of ether oxygens (including phenoxy) is 1. The number of anilines is 1. The van der Waals surface area contributed by atoms with Crippen LogP contribution in [0.1, 0.15) is 36.9 Å². The number of likely N-dealkylation sites (tertiary alicyclic amines) is 1. The maximum Gasteiger partial charge on any atom is 0.409 e. The fraction of sp³-hybridized carbons (Fsp3) is 0.417. The molecule has 6 heteroatoms. The van der Waals surface area contributed by atoms with E-state index in [0.717, 1.165) is 36.9 Å². The van der Waals surface area contributed by atoms with Crippen LogP contribution in [-0.2, 0) is 0 Å². The van der Waals surface area contributed by atoms with Crippen LogP contribution in [0.15, 0.2) is 54.6 Å². The lowest BCUT2D eigenvalue weighted by molar-refractivity contribution is -0.0790. The Morgan fingerprint density at radius 2 is 1.87 bits per heavy atom. The molecule has 0 spiro atoms. The molecule has 1 saturated heterocycles.